The van der Waals surface area contributed by atoms with E-state index in [4.69, 9.17) is 0 Å². The molecular formula is C17H25F2N. The smallest absolute Gasteiger partial charge is 0.163 e. The van der Waals surface area contributed by atoms with Crippen LogP contribution in [0.15, 0.2) is 12.1 Å². The molecule has 1 N–H and O–H groups in total. The molecule has 1 fully saturated rings. The van der Waals surface area contributed by atoms with E-state index < -0.39 is 11.6 Å². The second-order valence-electron chi connectivity index (χ2n) is 5.99. The average Bonchev–Trinajstić information content (AvgIpc) is 2.94. The second-order valence-corrected chi connectivity index (χ2v) is 5.99. The summed E-state index contributed by atoms with van der Waals surface area (Å²) >= 11 is 0. The molecule has 1 unspecified atom stereocenters. The van der Waals surface area contributed by atoms with Crippen LogP contribution >= 0.6 is 0 Å². The van der Waals surface area contributed by atoms with Crippen LogP contribution in [0.1, 0.15) is 62.6 Å². The summed E-state index contributed by atoms with van der Waals surface area (Å²) in [6, 6.07) is 3.37. The molecule has 0 heterocycles. The lowest BCUT2D eigenvalue weighted by molar-refractivity contribution is 0.378. The molecule has 0 aliphatic heterocycles. The zero-order valence-corrected chi connectivity index (χ0v) is 12.5. The highest BCUT2D eigenvalue weighted by atomic mass is 19.2. The Balaban J connectivity index is 2.18. The van der Waals surface area contributed by atoms with Gasteiger partial charge in [0.25, 0.3) is 0 Å². The van der Waals surface area contributed by atoms with Gasteiger partial charge in [-0.15, -0.1) is 0 Å². The molecule has 0 spiro atoms. The largest absolute Gasteiger partial charge is 0.310 e. The Morgan fingerprint density at radius 2 is 1.90 bits per heavy atom. The third-order valence-corrected chi connectivity index (χ3v) is 4.37. The Morgan fingerprint density at radius 1 is 1.20 bits per heavy atom. The Kier molecular flexibility index (Phi) is 5.53. The summed E-state index contributed by atoms with van der Waals surface area (Å²) in [6.07, 6.45) is 6.91. The number of nitrogens with one attached hydrogen (secondary N) is 1. The van der Waals surface area contributed by atoms with Crippen molar-refractivity contribution >= 4 is 0 Å². The van der Waals surface area contributed by atoms with Gasteiger partial charge < -0.3 is 5.32 Å². The average molecular weight is 281 g/mol. The Hall–Kier alpha value is -0.960. The van der Waals surface area contributed by atoms with Crippen LogP contribution in [0.3, 0.4) is 0 Å². The number of aryl methyl sites for hydroxylation is 1. The van der Waals surface area contributed by atoms with Crippen LogP contribution in [0.2, 0.25) is 0 Å². The van der Waals surface area contributed by atoms with Crippen molar-refractivity contribution in [2.45, 2.75) is 58.4 Å². The van der Waals surface area contributed by atoms with E-state index in [9.17, 15) is 8.78 Å². The van der Waals surface area contributed by atoms with Crippen molar-refractivity contribution in [2.75, 3.05) is 6.54 Å². The number of halogens is 2. The van der Waals surface area contributed by atoms with Gasteiger partial charge in [0.1, 0.15) is 0 Å². The molecule has 0 aromatic heterocycles. The van der Waals surface area contributed by atoms with Crippen molar-refractivity contribution in [1.29, 1.82) is 0 Å². The third-order valence-electron chi connectivity index (χ3n) is 4.37. The lowest BCUT2D eigenvalue weighted by Crippen LogP contribution is -2.25. The van der Waals surface area contributed by atoms with E-state index in [-0.39, 0.29) is 6.04 Å². The van der Waals surface area contributed by atoms with Gasteiger partial charge in [-0.3, -0.25) is 0 Å². The lowest BCUT2D eigenvalue weighted by atomic mass is 9.92. The van der Waals surface area contributed by atoms with Crippen LogP contribution < -0.4 is 5.32 Å². The monoisotopic (exact) mass is 281 g/mol. The fraction of sp³-hybridized carbons (Fsp3) is 0.647. The van der Waals surface area contributed by atoms with Crippen molar-refractivity contribution in [3.63, 3.8) is 0 Å². The number of hydrogen-bond donors (Lipinski definition) is 1. The number of rotatable bonds is 6. The molecule has 1 aromatic rings. The molecule has 0 radical (unpaired) electrons. The molecule has 3 heteroatoms. The van der Waals surface area contributed by atoms with Gasteiger partial charge in [0, 0.05) is 11.6 Å². The lowest BCUT2D eigenvalue weighted by Gasteiger charge is -2.23. The van der Waals surface area contributed by atoms with Gasteiger partial charge in [-0.05, 0) is 37.8 Å². The van der Waals surface area contributed by atoms with Gasteiger partial charge in [-0.1, -0.05) is 44.7 Å². The highest BCUT2D eigenvalue weighted by molar-refractivity contribution is 5.28. The highest BCUT2D eigenvalue weighted by Gasteiger charge is 2.24. The van der Waals surface area contributed by atoms with Crippen molar-refractivity contribution in [1.82, 2.24) is 5.32 Å². The number of benzene rings is 1. The predicted octanol–water partition coefficient (Wildman–Crippen LogP) is 4.89. The number of hydrogen-bond acceptors (Lipinski definition) is 1. The van der Waals surface area contributed by atoms with Gasteiger partial charge >= 0.3 is 0 Å². The zero-order chi connectivity index (χ0) is 14.5. The summed E-state index contributed by atoms with van der Waals surface area (Å²) in [5.41, 5.74) is 0.870. The highest BCUT2D eigenvalue weighted by Crippen LogP contribution is 2.34. The zero-order valence-electron chi connectivity index (χ0n) is 12.5. The molecule has 1 saturated carbocycles. The molecular weight excluding hydrogens is 256 g/mol. The minimum atomic E-state index is -0.697. The fourth-order valence-corrected chi connectivity index (χ4v) is 3.15. The van der Waals surface area contributed by atoms with Gasteiger partial charge in [0.2, 0.25) is 0 Å². The first-order valence-corrected chi connectivity index (χ1v) is 7.81. The summed E-state index contributed by atoms with van der Waals surface area (Å²) in [4.78, 5) is 0. The van der Waals surface area contributed by atoms with E-state index in [2.05, 4.69) is 12.2 Å². The summed E-state index contributed by atoms with van der Waals surface area (Å²) in [6.45, 7) is 4.53. The summed E-state index contributed by atoms with van der Waals surface area (Å²) < 4.78 is 28.0. The van der Waals surface area contributed by atoms with Gasteiger partial charge in [-0.25, -0.2) is 8.78 Å². The summed E-state index contributed by atoms with van der Waals surface area (Å²) in [5.74, 6) is -0.720. The van der Waals surface area contributed by atoms with Gasteiger partial charge in [0.05, 0.1) is 0 Å². The molecule has 0 saturated heterocycles. The van der Waals surface area contributed by atoms with Crippen molar-refractivity contribution < 1.29 is 8.78 Å². The van der Waals surface area contributed by atoms with E-state index in [0.29, 0.717) is 17.0 Å². The van der Waals surface area contributed by atoms with Crippen molar-refractivity contribution in [3.05, 3.63) is 34.9 Å². The van der Waals surface area contributed by atoms with Crippen LogP contribution in [0, 0.1) is 24.5 Å². The minimum absolute atomic E-state index is 0.0619. The first kappa shape index (κ1) is 15.4. The van der Waals surface area contributed by atoms with Crippen LogP contribution in [0.5, 0.6) is 0 Å². The Morgan fingerprint density at radius 3 is 2.55 bits per heavy atom. The molecule has 1 atom stereocenters. The van der Waals surface area contributed by atoms with Crippen LogP contribution in [-0.2, 0) is 0 Å². The first-order valence-electron chi connectivity index (χ1n) is 7.81. The van der Waals surface area contributed by atoms with E-state index >= 15 is 0 Å². The van der Waals surface area contributed by atoms with Gasteiger partial charge in [-0.2, -0.15) is 0 Å². The Bertz CT molecular complexity index is 439. The molecule has 1 aromatic carbocycles. The predicted molar refractivity (Wildman–Crippen MR) is 78.7 cm³/mol. The minimum Gasteiger partial charge on any atom is -0.310 e. The molecule has 1 aliphatic carbocycles. The van der Waals surface area contributed by atoms with Crippen molar-refractivity contribution in [2.24, 2.45) is 5.92 Å². The van der Waals surface area contributed by atoms with Crippen molar-refractivity contribution in [3.8, 4) is 0 Å². The normalized spacial score (nSPS) is 17.6. The van der Waals surface area contributed by atoms with E-state index in [1.54, 1.807) is 19.1 Å². The molecule has 0 bridgehead atoms. The molecule has 112 valence electrons. The first-order chi connectivity index (χ1) is 9.63. The third kappa shape index (κ3) is 3.57. The Labute approximate surface area is 120 Å². The molecule has 1 aliphatic rings. The van der Waals surface area contributed by atoms with Crippen LogP contribution in [0.25, 0.3) is 0 Å². The topological polar surface area (TPSA) is 12.0 Å². The van der Waals surface area contributed by atoms with E-state index in [1.807, 2.05) is 0 Å². The maximum absolute atomic E-state index is 14.2. The fourth-order valence-electron chi connectivity index (χ4n) is 3.15. The van der Waals surface area contributed by atoms with E-state index in [0.717, 1.165) is 19.4 Å². The molecule has 20 heavy (non-hydrogen) atoms. The quantitative estimate of drug-likeness (QED) is 0.782. The molecule has 0 amide bonds. The van der Waals surface area contributed by atoms with Gasteiger partial charge in [0.15, 0.2) is 11.6 Å². The standard InChI is InChI=1S/C17H25F2N/c1-3-10-20-15(11-13-6-4-5-7-13)14-9-8-12(2)16(18)17(14)19/h8-9,13,15,20H,3-7,10-11H2,1-2H3. The SMILES string of the molecule is CCCNC(CC1CCCC1)c1ccc(C)c(F)c1F. The molecule has 2 rings (SSSR count). The molecule has 1 nitrogen and oxygen atoms in total. The maximum Gasteiger partial charge on any atom is 0.163 e. The van der Waals surface area contributed by atoms with E-state index in [1.165, 1.54) is 25.7 Å². The van der Waals surface area contributed by atoms with Crippen LogP contribution in [0.4, 0.5) is 8.78 Å². The second kappa shape index (κ2) is 7.16. The van der Waals surface area contributed by atoms with Crippen LogP contribution in [-0.4, -0.2) is 6.54 Å². The maximum atomic E-state index is 14.2. The summed E-state index contributed by atoms with van der Waals surface area (Å²) in [7, 11) is 0. The summed E-state index contributed by atoms with van der Waals surface area (Å²) in [5, 5.41) is 3.39.